The molecule has 8 nitrogen and oxygen atoms in total. The second kappa shape index (κ2) is 6.78. The van der Waals surface area contributed by atoms with Crippen molar-refractivity contribution in [3.8, 4) is 0 Å². The van der Waals surface area contributed by atoms with Gasteiger partial charge < -0.3 is 5.32 Å². The molecule has 0 saturated heterocycles. The van der Waals surface area contributed by atoms with Gasteiger partial charge in [-0.05, 0) is 23.6 Å². The number of azide groups is 1. The number of urea groups is 1. The first-order valence-electron chi connectivity index (χ1n) is 5.81. The fourth-order valence-electron chi connectivity index (χ4n) is 1.26. The van der Waals surface area contributed by atoms with Crippen LogP contribution >= 0.6 is 0 Å². The molecular weight excluding hydrogens is 282 g/mol. The summed E-state index contributed by atoms with van der Waals surface area (Å²) in [7, 11) is -3.94. The van der Waals surface area contributed by atoms with Gasteiger partial charge in [-0.25, -0.2) is 17.9 Å². The van der Waals surface area contributed by atoms with Crippen LogP contribution in [0.4, 0.5) is 10.5 Å². The molecule has 1 rings (SSSR count). The van der Waals surface area contributed by atoms with E-state index < -0.39 is 16.1 Å². The van der Waals surface area contributed by atoms with E-state index in [0.717, 1.165) is 0 Å². The van der Waals surface area contributed by atoms with Crippen molar-refractivity contribution >= 4 is 21.7 Å². The number of carbonyl (C=O) groups excluding carboxylic acids is 1. The van der Waals surface area contributed by atoms with E-state index in [2.05, 4.69) is 15.3 Å². The van der Waals surface area contributed by atoms with Crippen LogP contribution in [-0.4, -0.2) is 21.0 Å². The lowest BCUT2D eigenvalue weighted by Crippen LogP contribution is -2.40. The van der Waals surface area contributed by atoms with E-state index in [-0.39, 0.29) is 16.5 Å². The maximum Gasteiger partial charge on any atom is 0.328 e. The highest BCUT2D eigenvalue weighted by Crippen LogP contribution is 2.16. The maximum absolute atomic E-state index is 11.9. The van der Waals surface area contributed by atoms with E-state index in [4.69, 9.17) is 5.53 Å². The minimum atomic E-state index is -3.94. The van der Waals surface area contributed by atoms with Crippen molar-refractivity contribution in [3.05, 3.63) is 34.7 Å². The summed E-state index contributed by atoms with van der Waals surface area (Å²) in [5.41, 5.74) is 8.53. The molecule has 108 valence electrons. The highest BCUT2D eigenvalue weighted by molar-refractivity contribution is 7.90. The van der Waals surface area contributed by atoms with Crippen LogP contribution < -0.4 is 10.0 Å². The molecule has 1 aromatic carbocycles. The average molecular weight is 297 g/mol. The van der Waals surface area contributed by atoms with E-state index in [1.165, 1.54) is 24.3 Å². The van der Waals surface area contributed by atoms with E-state index in [1.54, 1.807) is 0 Å². The van der Waals surface area contributed by atoms with Gasteiger partial charge in [0.1, 0.15) is 0 Å². The van der Waals surface area contributed by atoms with Gasteiger partial charge in [0, 0.05) is 17.1 Å². The van der Waals surface area contributed by atoms with Crippen LogP contribution in [-0.2, 0) is 10.0 Å². The molecule has 0 aromatic heterocycles. The Morgan fingerprint density at radius 2 is 1.95 bits per heavy atom. The lowest BCUT2D eigenvalue weighted by atomic mass is 10.2. The van der Waals surface area contributed by atoms with Crippen LogP contribution in [0.1, 0.15) is 13.8 Å². The number of nitrogens with one attached hydrogen (secondary N) is 2. The molecule has 0 unspecified atom stereocenters. The largest absolute Gasteiger partial charge is 0.337 e. The summed E-state index contributed by atoms with van der Waals surface area (Å²) in [6.07, 6.45) is 0. The molecule has 20 heavy (non-hydrogen) atoms. The highest BCUT2D eigenvalue weighted by Gasteiger charge is 2.17. The minimum Gasteiger partial charge on any atom is -0.337 e. The fraction of sp³-hybridized carbons (Fsp3) is 0.364. The highest BCUT2D eigenvalue weighted by atomic mass is 32.2. The van der Waals surface area contributed by atoms with Gasteiger partial charge in [0.15, 0.2) is 0 Å². The third kappa shape index (κ3) is 4.79. The molecule has 0 bridgehead atoms. The number of nitrogens with zero attached hydrogens (tertiary/aromatic N) is 3. The number of benzene rings is 1. The summed E-state index contributed by atoms with van der Waals surface area (Å²) in [6.45, 7) is 4.16. The normalized spacial score (nSPS) is 10.8. The molecule has 0 aliphatic heterocycles. The van der Waals surface area contributed by atoms with Gasteiger partial charge in [-0.2, -0.15) is 0 Å². The van der Waals surface area contributed by atoms with E-state index in [9.17, 15) is 13.2 Å². The summed E-state index contributed by atoms with van der Waals surface area (Å²) in [5.74, 6) is 0.214. The number of hydrogen-bond acceptors (Lipinski definition) is 4. The zero-order valence-corrected chi connectivity index (χ0v) is 11.9. The minimum absolute atomic E-state index is 0.0888. The average Bonchev–Trinajstić information content (AvgIpc) is 2.37. The Morgan fingerprint density at radius 1 is 1.35 bits per heavy atom. The van der Waals surface area contributed by atoms with Gasteiger partial charge in [-0.15, -0.1) is 0 Å². The molecule has 1 aromatic rings. The van der Waals surface area contributed by atoms with Crippen molar-refractivity contribution in [1.82, 2.24) is 10.0 Å². The summed E-state index contributed by atoms with van der Waals surface area (Å²) in [5, 5.41) is 5.77. The topological polar surface area (TPSA) is 124 Å². The number of carbonyl (C=O) groups is 1. The molecule has 2 amide bonds. The predicted octanol–water partition coefficient (Wildman–Crippen LogP) is 2.27. The first kappa shape index (κ1) is 15.8. The monoisotopic (exact) mass is 297 g/mol. The smallest absolute Gasteiger partial charge is 0.328 e. The van der Waals surface area contributed by atoms with Crippen molar-refractivity contribution in [2.24, 2.45) is 11.0 Å². The first-order valence-corrected chi connectivity index (χ1v) is 7.29. The summed E-state index contributed by atoms with van der Waals surface area (Å²) < 4.78 is 25.7. The Labute approximate surface area is 116 Å². The van der Waals surface area contributed by atoms with Gasteiger partial charge in [0.05, 0.1) is 4.90 Å². The maximum atomic E-state index is 11.9. The number of sulfonamides is 1. The van der Waals surface area contributed by atoms with Gasteiger partial charge in [-0.3, -0.25) is 0 Å². The van der Waals surface area contributed by atoms with Crippen LogP contribution in [0.25, 0.3) is 10.4 Å². The molecule has 0 radical (unpaired) electrons. The summed E-state index contributed by atoms with van der Waals surface area (Å²) >= 11 is 0. The molecule has 0 heterocycles. The zero-order chi connectivity index (χ0) is 15.2. The van der Waals surface area contributed by atoms with E-state index >= 15 is 0 Å². The molecule has 0 spiro atoms. The Balaban J connectivity index is 2.78. The van der Waals surface area contributed by atoms with E-state index in [0.29, 0.717) is 6.54 Å². The lowest BCUT2D eigenvalue weighted by Gasteiger charge is -2.10. The van der Waals surface area contributed by atoms with Crippen LogP contribution in [0.15, 0.2) is 34.3 Å². The van der Waals surface area contributed by atoms with Gasteiger partial charge in [-0.1, -0.05) is 31.1 Å². The quantitative estimate of drug-likeness (QED) is 0.492. The van der Waals surface area contributed by atoms with Gasteiger partial charge in [0.2, 0.25) is 0 Å². The first-order chi connectivity index (χ1) is 9.35. The van der Waals surface area contributed by atoms with Gasteiger partial charge >= 0.3 is 6.03 Å². The molecule has 0 fully saturated rings. The second-order valence-corrected chi connectivity index (χ2v) is 6.08. The summed E-state index contributed by atoms with van der Waals surface area (Å²) in [4.78, 5) is 13.9. The van der Waals surface area contributed by atoms with Crippen LogP contribution in [0.2, 0.25) is 0 Å². The van der Waals surface area contributed by atoms with Crippen molar-refractivity contribution in [1.29, 1.82) is 0 Å². The molecule has 0 aliphatic rings. The van der Waals surface area contributed by atoms with E-state index in [1.807, 2.05) is 18.6 Å². The third-order valence-corrected chi connectivity index (χ3v) is 3.55. The third-order valence-electron chi connectivity index (χ3n) is 2.21. The molecule has 9 heteroatoms. The van der Waals surface area contributed by atoms with Crippen molar-refractivity contribution < 1.29 is 13.2 Å². The van der Waals surface area contributed by atoms with Crippen molar-refractivity contribution in [3.63, 3.8) is 0 Å². The molecule has 0 saturated carbocycles. The SMILES string of the molecule is CC(C)CNC(=O)NS(=O)(=O)c1ccc(N=[N+]=[N-])cc1. The van der Waals surface area contributed by atoms with Crippen LogP contribution in [0.3, 0.4) is 0 Å². The molecule has 0 atom stereocenters. The van der Waals surface area contributed by atoms with Crippen molar-refractivity contribution in [2.45, 2.75) is 18.7 Å². The Bertz CT molecular complexity index is 618. The number of amides is 2. The lowest BCUT2D eigenvalue weighted by molar-refractivity contribution is 0.244. The number of hydrogen-bond donors (Lipinski definition) is 2. The summed E-state index contributed by atoms with van der Waals surface area (Å²) in [6, 6.07) is 4.42. The van der Waals surface area contributed by atoms with Crippen LogP contribution in [0.5, 0.6) is 0 Å². The molecular formula is C11H15N5O3S. The Kier molecular flexibility index (Phi) is 5.36. The number of rotatable bonds is 5. The standard InChI is InChI=1S/C11H15N5O3S/c1-8(2)7-13-11(17)15-20(18,19)10-5-3-9(4-6-10)14-16-12/h3-6,8H,7H2,1-2H3,(H2,13,15,17). The van der Waals surface area contributed by atoms with Crippen molar-refractivity contribution in [2.75, 3.05) is 6.54 Å². The van der Waals surface area contributed by atoms with Crippen LogP contribution in [0, 0.1) is 5.92 Å². The van der Waals surface area contributed by atoms with Gasteiger partial charge in [0.25, 0.3) is 10.0 Å². The fourth-order valence-corrected chi connectivity index (χ4v) is 2.19. The molecule has 2 N–H and O–H groups in total. The zero-order valence-electron chi connectivity index (χ0n) is 11.1. The molecule has 0 aliphatic carbocycles. The Hall–Kier alpha value is -2.25. The predicted molar refractivity (Wildman–Crippen MR) is 73.8 cm³/mol. The Morgan fingerprint density at radius 3 is 2.45 bits per heavy atom. The second-order valence-electron chi connectivity index (χ2n) is 4.39.